The molecule has 82 valence electrons. The molecule has 1 aromatic rings. The number of carbonyl (C=O) groups is 1. The number of hydrogen-bond acceptors (Lipinski definition) is 3. The molecule has 3 N–H and O–H groups in total. The second kappa shape index (κ2) is 3.66. The molecule has 0 bridgehead atoms. The summed E-state index contributed by atoms with van der Waals surface area (Å²) in [6.07, 6.45) is 3.35. The zero-order chi connectivity index (χ0) is 11.0. The lowest BCUT2D eigenvalue weighted by atomic mass is 9.89. The molecule has 0 amide bonds. The Balaban J connectivity index is 2.15. The maximum absolute atomic E-state index is 10.8. The lowest BCUT2D eigenvalue weighted by molar-refractivity contribution is -0.140. The Hall–Kier alpha value is -1.36. The predicted molar refractivity (Wildman–Crippen MR) is 54.4 cm³/mol. The molecule has 0 saturated heterocycles. The van der Waals surface area contributed by atoms with Gasteiger partial charge >= 0.3 is 5.97 Å². The van der Waals surface area contributed by atoms with Crippen LogP contribution in [-0.4, -0.2) is 26.7 Å². The number of carboxylic acid groups (broad SMARTS) is 1. The molecular formula is C10H15N3O2. The number of carboxylic acids is 1. The second-order valence-corrected chi connectivity index (χ2v) is 4.07. The van der Waals surface area contributed by atoms with Crippen LogP contribution in [0.4, 0.5) is 0 Å². The first-order valence-corrected chi connectivity index (χ1v) is 5.09. The Labute approximate surface area is 87.9 Å². The Morgan fingerprint density at radius 3 is 3.20 bits per heavy atom. The number of rotatable bonds is 2. The molecule has 1 aliphatic rings. The summed E-state index contributed by atoms with van der Waals surface area (Å²) in [4.78, 5) is 15.0. The minimum Gasteiger partial charge on any atom is -0.480 e. The van der Waals surface area contributed by atoms with Gasteiger partial charge in [0.25, 0.3) is 0 Å². The summed E-state index contributed by atoms with van der Waals surface area (Å²) in [6, 6.07) is -0.756. The van der Waals surface area contributed by atoms with E-state index in [1.807, 2.05) is 13.1 Å². The minimum atomic E-state index is -0.912. The van der Waals surface area contributed by atoms with E-state index in [9.17, 15) is 4.79 Å². The molecule has 15 heavy (non-hydrogen) atoms. The van der Waals surface area contributed by atoms with Crippen LogP contribution in [0.15, 0.2) is 6.20 Å². The largest absolute Gasteiger partial charge is 0.480 e. The van der Waals surface area contributed by atoms with Gasteiger partial charge in [-0.1, -0.05) is 0 Å². The van der Waals surface area contributed by atoms with Crippen molar-refractivity contribution in [1.29, 1.82) is 0 Å². The summed E-state index contributed by atoms with van der Waals surface area (Å²) in [5.41, 5.74) is 6.72. The fourth-order valence-corrected chi connectivity index (χ4v) is 2.16. The third-order valence-corrected chi connectivity index (χ3v) is 3.13. The van der Waals surface area contributed by atoms with E-state index < -0.39 is 12.0 Å². The van der Waals surface area contributed by atoms with Crippen molar-refractivity contribution in [1.82, 2.24) is 9.55 Å². The first-order chi connectivity index (χ1) is 7.09. The summed E-state index contributed by atoms with van der Waals surface area (Å²) in [5, 5.41) is 8.84. The lowest BCUT2D eigenvalue weighted by Gasteiger charge is -2.26. The Morgan fingerprint density at radius 1 is 1.80 bits per heavy atom. The maximum atomic E-state index is 10.8. The monoisotopic (exact) mass is 209 g/mol. The second-order valence-electron chi connectivity index (χ2n) is 4.07. The van der Waals surface area contributed by atoms with E-state index in [0.29, 0.717) is 6.42 Å². The van der Waals surface area contributed by atoms with Gasteiger partial charge in [-0.2, -0.15) is 0 Å². The summed E-state index contributed by atoms with van der Waals surface area (Å²) >= 11 is 0. The van der Waals surface area contributed by atoms with Gasteiger partial charge in [-0.25, -0.2) is 4.98 Å². The van der Waals surface area contributed by atoms with Gasteiger partial charge in [-0.05, 0) is 25.7 Å². The minimum absolute atomic E-state index is 0.0334. The highest BCUT2D eigenvalue weighted by molar-refractivity contribution is 5.73. The van der Waals surface area contributed by atoms with E-state index in [2.05, 4.69) is 9.55 Å². The SMILES string of the molecule is Cc1ncc2n1CCC(C(N)C(=O)O)C2. The summed E-state index contributed by atoms with van der Waals surface area (Å²) in [7, 11) is 0. The standard InChI is InChI=1S/C10H15N3O2/c1-6-12-5-8-4-7(2-3-13(6)8)9(11)10(14)15/h5,7,9H,2-4,11H2,1H3,(H,14,15). The predicted octanol–water partition coefficient (Wildman–Crippen LogP) is 0.166. The van der Waals surface area contributed by atoms with Gasteiger partial charge < -0.3 is 15.4 Å². The smallest absolute Gasteiger partial charge is 0.320 e. The first kappa shape index (κ1) is 10.2. The quantitative estimate of drug-likeness (QED) is 0.727. The fourth-order valence-electron chi connectivity index (χ4n) is 2.16. The van der Waals surface area contributed by atoms with Crippen LogP contribution in [0.2, 0.25) is 0 Å². The van der Waals surface area contributed by atoms with Crippen LogP contribution in [-0.2, 0) is 17.8 Å². The van der Waals surface area contributed by atoms with Crippen molar-refractivity contribution in [3.63, 3.8) is 0 Å². The average molecular weight is 209 g/mol. The molecule has 1 aromatic heterocycles. The van der Waals surface area contributed by atoms with Crippen LogP contribution in [0.3, 0.4) is 0 Å². The van der Waals surface area contributed by atoms with Crippen molar-refractivity contribution in [3.8, 4) is 0 Å². The Bertz CT molecular complexity index is 386. The molecule has 2 rings (SSSR count). The molecule has 0 spiro atoms. The number of hydrogen-bond donors (Lipinski definition) is 2. The van der Waals surface area contributed by atoms with Crippen LogP contribution in [0, 0.1) is 12.8 Å². The van der Waals surface area contributed by atoms with Gasteiger partial charge in [0.1, 0.15) is 11.9 Å². The molecule has 2 heterocycles. The number of fused-ring (bicyclic) bond motifs is 1. The number of aliphatic carboxylic acids is 1. The van der Waals surface area contributed by atoms with Crippen molar-refractivity contribution in [2.45, 2.75) is 32.4 Å². The van der Waals surface area contributed by atoms with Crippen molar-refractivity contribution >= 4 is 5.97 Å². The number of nitrogens with zero attached hydrogens (tertiary/aromatic N) is 2. The highest BCUT2D eigenvalue weighted by Crippen LogP contribution is 2.23. The fraction of sp³-hybridized carbons (Fsp3) is 0.600. The van der Waals surface area contributed by atoms with E-state index in [1.54, 1.807) is 0 Å². The Kier molecular flexibility index (Phi) is 2.48. The molecule has 0 saturated carbocycles. The lowest BCUT2D eigenvalue weighted by Crippen LogP contribution is -2.41. The molecule has 1 aliphatic heterocycles. The molecule has 5 nitrogen and oxygen atoms in total. The summed E-state index contributed by atoms with van der Waals surface area (Å²) in [6.45, 7) is 2.79. The van der Waals surface area contributed by atoms with Gasteiger partial charge in [0, 0.05) is 18.4 Å². The molecule has 0 aliphatic carbocycles. The first-order valence-electron chi connectivity index (χ1n) is 5.09. The van der Waals surface area contributed by atoms with E-state index in [-0.39, 0.29) is 5.92 Å². The number of imidazole rings is 1. The molecule has 0 aromatic carbocycles. The zero-order valence-electron chi connectivity index (χ0n) is 8.68. The molecule has 0 fully saturated rings. The van der Waals surface area contributed by atoms with Crippen molar-refractivity contribution in [2.75, 3.05) is 0 Å². The summed E-state index contributed by atoms with van der Waals surface area (Å²) in [5.74, 6) is 0.114. The van der Waals surface area contributed by atoms with E-state index in [0.717, 1.165) is 24.5 Å². The van der Waals surface area contributed by atoms with Crippen molar-refractivity contribution < 1.29 is 9.90 Å². The van der Waals surface area contributed by atoms with Gasteiger partial charge in [-0.3, -0.25) is 4.79 Å². The highest BCUT2D eigenvalue weighted by atomic mass is 16.4. The van der Waals surface area contributed by atoms with Crippen LogP contribution < -0.4 is 5.73 Å². The number of aryl methyl sites for hydroxylation is 1. The molecule has 5 heteroatoms. The van der Waals surface area contributed by atoms with E-state index >= 15 is 0 Å². The van der Waals surface area contributed by atoms with Crippen molar-refractivity contribution in [3.05, 3.63) is 17.7 Å². The van der Waals surface area contributed by atoms with Gasteiger partial charge in [0.15, 0.2) is 0 Å². The highest BCUT2D eigenvalue weighted by Gasteiger charge is 2.28. The van der Waals surface area contributed by atoms with Crippen LogP contribution >= 0.6 is 0 Å². The van der Waals surface area contributed by atoms with Crippen LogP contribution in [0.1, 0.15) is 17.9 Å². The van der Waals surface area contributed by atoms with Gasteiger partial charge in [0.05, 0.1) is 0 Å². The topological polar surface area (TPSA) is 81.1 Å². The molecule has 0 radical (unpaired) electrons. The number of aromatic nitrogens is 2. The normalized spacial score (nSPS) is 22.1. The Morgan fingerprint density at radius 2 is 2.53 bits per heavy atom. The summed E-state index contributed by atoms with van der Waals surface area (Å²) < 4.78 is 2.13. The van der Waals surface area contributed by atoms with Crippen LogP contribution in [0.25, 0.3) is 0 Å². The van der Waals surface area contributed by atoms with Crippen LogP contribution in [0.5, 0.6) is 0 Å². The van der Waals surface area contributed by atoms with Gasteiger partial charge in [0.2, 0.25) is 0 Å². The molecule has 2 atom stereocenters. The average Bonchev–Trinajstić information content (AvgIpc) is 2.59. The molecular weight excluding hydrogens is 194 g/mol. The maximum Gasteiger partial charge on any atom is 0.320 e. The zero-order valence-corrected chi connectivity index (χ0v) is 8.68. The van der Waals surface area contributed by atoms with Crippen molar-refractivity contribution in [2.24, 2.45) is 11.7 Å². The van der Waals surface area contributed by atoms with E-state index in [4.69, 9.17) is 10.8 Å². The molecule has 2 unspecified atom stereocenters. The van der Waals surface area contributed by atoms with Gasteiger partial charge in [-0.15, -0.1) is 0 Å². The third-order valence-electron chi connectivity index (χ3n) is 3.13. The third kappa shape index (κ3) is 1.74. The van der Waals surface area contributed by atoms with E-state index in [1.165, 1.54) is 0 Å². The number of nitrogens with two attached hydrogens (primary N) is 1.